The van der Waals surface area contributed by atoms with Gasteiger partial charge in [0, 0.05) is 36.7 Å². The van der Waals surface area contributed by atoms with Crippen LogP contribution in [0.4, 0.5) is 10.1 Å². The quantitative estimate of drug-likeness (QED) is 0.670. The molecule has 0 bridgehead atoms. The lowest BCUT2D eigenvalue weighted by atomic mass is 10.2. The number of hydrogen-bond acceptors (Lipinski definition) is 5. The third-order valence-corrected chi connectivity index (χ3v) is 6.59. The van der Waals surface area contributed by atoms with Crippen molar-refractivity contribution in [2.24, 2.45) is 0 Å². The SMILES string of the molecule is O=C(Nc1ccc(F)c(S(=O)(=O)N2CCOCC2)c1)c1ccc(-n2cccn2)cc1. The number of morpholine rings is 1. The highest BCUT2D eigenvalue weighted by atomic mass is 32.2. The molecule has 10 heteroatoms. The minimum Gasteiger partial charge on any atom is -0.379 e. The second-order valence-electron chi connectivity index (χ2n) is 6.61. The Hall–Kier alpha value is -3.08. The summed E-state index contributed by atoms with van der Waals surface area (Å²) < 4.78 is 47.8. The lowest BCUT2D eigenvalue weighted by Gasteiger charge is -2.26. The monoisotopic (exact) mass is 430 g/mol. The number of carbonyl (C=O) groups is 1. The molecule has 2 heterocycles. The van der Waals surface area contributed by atoms with E-state index in [9.17, 15) is 17.6 Å². The molecule has 156 valence electrons. The van der Waals surface area contributed by atoms with Gasteiger partial charge in [0.2, 0.25) is 10.0 Å². The van der Waals surface area contributed by atoms with Gasteiger partial charge in [-0.3, -0.25) is 4.79 Å². The lowest BCUT2D eigenvalue weighted by molar-refractivity contribution is 0.0729. The third kappa shape index (κ3) is 4.11. The summed E-state index contributed by atoms with van der Waals surface area (Å²) >= 11 is 0. The Labute approximate surface area is 172 Å². The number of halogens is 1. The number of anilines is 1. The number of nitrogens with zero attached hydrogens (tertiary/aromatic N) is 3. The van der Waals surface area contributed by atoms with Crippen LogP contribution in [0.5, 0.6) is 0 Å². The van der Waals surface area contributed by atoms with Crippen LogP contribution in [0.2, 0.25) is 0 Å². The molecular weight excluding hydrogens is 411 g/mol. The number of rotatable bonds is 5. The van der Waals surface area contributed by atoms with E-state index in [0.29, 0.717) is 5.56 Å². The summed E-state index contributed by atoms with van der Waals surface area (Å²) in [5.74, 6) is -1.31. The van der Waals surface area contributed by atoms with Gasteiger partial charge in [-0.15, -0.1) is 0 Å². The third-order valence-electron chi connectivity index (χ3n) is 4.68. The molecule has 4 rings (SSSR count). The number of benzene rings is 2. The van der Waals surface area contributed by atoms with Gasteiger partial charge in [-0.2, -0.15) is 9.40 Å². The molecule has 0 saturated carbocycles. The lowest BCUT2D eigenvalue weighted by Crippen LogP contribution is -2.40. The second kappa shape index (κ2) is 8.34. The standard InChI is InChI=1S/C20H19FN4O4S/c21-18-7-4-16(14-19(18)30(27,28)24-10-12-29-13-11-24)23-20(26)15-2-5-17(6-3-15)25-9-1-8-22-25/h1-9,14H,10-13H2,(H,23,26). The molecule has 1 saturated heterocycles. The van der Waals surface area contributed by atoms with Crippen molar-refractivity contribution in [2.75, 3.05) is 31.6 Å². The first kappa shape index (κ1) is 20.2. The topological polar surface area (TPSA) is 93.5 Å². The normalized spacial score (nSPS) is 15.1. The van der Waals surface area contributed by atoms with Crippen LogP contribution in [0.15, 0.2) is 65.8 Å². The van der Waals surface area contributed by atoms with Gasteiger partial charge in [-0.1, -0.05) is 0 Å². The molecule has 3 aromatic rings. The summed E-state index contributed by atoms with van der Waals surface area (Å²) in [5.41, 5.74) is 1.34. The Kier molecular flexibility index (Phi) is 5.62. The number of amides is 1. The smallest absolute Gasteiger partial charge is 0.255 e. The summed E-state index contributed by atoms with van der Waals surface area (Å²) in [6, 6.07) is 12.0. The molecule has 1 aromatic heterocycles. The van der Waals surface area contributed by atoms with Crippen molar-refractivity contribution >= 4 is 21.6 Å². The van der Waals surface area contributed by atoms with Crippen LogP contribution < -0.4 is 5.32 Å². The van der Waals surface area contributed by atoms with Gasteiger partial charge in [0.05, 0.1) is 18.9 Å². The van der Waals surface area contributed by atoms with Gasteiger partial charge in [0.15, 0.2) is 0 Å². The van der Waals surface area contributed by atoms with Gasteiger partial charge < -0.3 is 10.1 Å². The molecule has 30 heavy (non-hydrogen) atoms. The van der Waals surface area contributed by atoms with E-state index in [4.69, 9.17) is 4.74 Å². The van der Waals surface area contributed by atoms with Crippen molar-refractivity contribution in [2.45, 2.75) is 4.90 Å². The number of nitrogens with one attached hydrogen (secondary N) is 1. The van der Waals surface area contributed by atoms with E-state index in [1.54, 1.807) is 47.4 Å². The summed E-state index contributed by atoms with van der Waals surface area (Å²) in [4.78, 5) is 12.1. The highest BCUT2D eigenvalue weighted by Gasteiger charge is 2.29. The molecule has 8 nitrogen and oxygen atoms in total. The molecular formula is C20H19FN4O4S. The van der Waals surface area contributed by atoms with Crippen LogP contribution in [0.3, 0.4) is 0 Å². The van der Waals surface area contributed by atoms with E-state index in [2.05, 4.69) is 10.4 Å². The van der Waals surface area contributed by atoms with E-state index in [-0.39, 0.29) is 32.0 Å². The maximum absolute atomic E-state index is 14.3. The summed E-state index contributed by atoms with van der Waals surface area (Å²) in [6.07, 6.45) is 3.43. The van der Waals surface area contributed by atoms with Crippen LogP contribution in [0, 0.1) is 5.82 Å². The van der Waals surface area contributed by atoms with Gasteiger partial charge in [-0.25, -0.2) is 17.5 Å². The number of aromatic nitrogens is 2. The van der Waals surface area contributed by atoms with Gasteiger partial charge in [0.1, 0.15) is 10.7 Å². The van der Waals surface area contributed by atoms with Crippen LogP contribution in [-0.4, -0.2) is 54.7 Å². The Balaban J connectivity index is 1.53. The van der Waals surface area contributed by atoms with Gasteiger partial charge >= 0.3 is 0 Å². The summed E-state index contributed by atoms with van der Waals surface area (Å²) in [5, 5.41) is 6.74. The fourth-order valence-electron chi connectivity index (χ4n) is 3.10. The predicted octanol–water partition coefficient (Wildman–Crippen LogP) is 2.28. The van der Waals surface area contributed by atoms with E-state index >= 15 is 0 Å². The van der Waals surface area contributed by atoms with E-state index < -0.39 is 26.6 Å². The van der Waals surface area contributed by atoms with Crippen LogP contribution in [0.1, 0.15) is 10.4 Å². The van der Waals surface area contributed by atoms with E-state index in [1.165, 1.54) is 10.4 Å². The number of hydrogen-bond donors (Lipinski definition) is 1. The Morgan fingerprint density at radius 2 is 1.83 bits per heavy atom. The van der Waals surface area contributed by atoms with Gasteiger partial charge in [0.25, 0.3) is 5.91 Å². The molecule has 1 N–H and O–H groups in total. The summed E-state index contributed by atoms with van der Waals surface area (Å²) in [6.45, 7) is 0.819. The predicted molar refractivity (Wildman–Crippen MR) is 107 cm³/mol. The first-order chi connectivity index (χ1) is 14.4. The average Bonchev–Trinajstić information content (AvgIpc) is 3.31. The first-order valence-electron chi connectivity index (χ1n) is 9.24. The molecule has 2 aromatic carbocycles. The highest BCUT2D eigenvalue weighted by molar-refractivity contribution is 7.89. The number of carbonyl (C=O) groups excluding carboxylic acids is 1. The second-order valence-corrected chi connectivity index (χ2v) is 8.52. The molecule has 0 atom stereocenters. The van der Waals surface area contributed by atoms with Gasteiger partial charge in [-0.05, 0) is 48.5 Å². The Bertz CT molecular complexity index is 1140. The zero-order valence-electron chi connectivity index (χ0n) is 15.9. The minimum atomic E-state index is -4.03. The fourth-order valence-corrected chi connectivity index (χ4v) is 4.59. The zero-order valence-corrected chi connectivity index (χ0v) is 16.7. The van der Waals surface area contributed by atoms with E-state index in [1.807, 2.05) is 0 Å². The van der Waals surface area contributed by atoms with Crippen LogP contribution in [-0.2, 0) is 14.8 Å². The Morgan fingerprint density at radius 3 is 2.50 bits per heavy atom. The average molecular weight is 430 g/mol. The van der Waals surface area contributed by atoms with Crippen molar-refractivity contribution < 1.29 is 22.3 Å². The zero-order chi connectivity index (χ0) is 21.1. The maximum Gasteiger partial charge on any atom is 0.255 e. The van der Waals surface area contributed by atoms with Crippen molar-refractivity contribution in [1.82, 2.24) is 14.1 Å². The molecule has 0 spiro atoms. The molecule has 1 aliphatic heterocycles. The largest absolute Gasteiger partial charge is 0.379 e. The molecule has 1 fully saturated rings. The first-order valence-corrected chi connectivity index (χ1v) is 10.7. The summed E-state index contributed by atoms with van der Waals surface area (Å²) in [7, 11) is -4.03. The van der Waals surface area contributed by atoms with Crippen molar-refractivity contribution in [3.8, 4) is 5.69 Å². The molecule has 0 unspecified atom stereocenters. The molecule has 1 amide bonds. The number of ether oxygens (including phenoxy) is 1. The molecule has 0 radical (unpaired) electrons. The minimum absolute atomic E-state index is 0.154. The van der Waals surface area contributed by atoms with E-state index in [0.717, 1.165) is 17.8 Å². The molecule has 0 aliphatic carbocycles. The Morgan fingerprint density at radius 1 is 1.10 bits per heavy atom. The van der Waals surface area contributed by atoms with Crippen molar-refractivity contribution in [1.29, 1.82) is 0 Å². The fraction of sp³-hybridized carbons (Fsp3) is 0.200. The van der Waals surface area contributed by atoms with Crippen LogP contribution >= 0.6 is 0 Å². The van der Waals surface area contributed by atoms with Crippen molar-refractivity contribution in [3.63, 3.8) is 0 Å². The van der Waals surface area contributed by atoms with Crippen molar-refractivity contribution in [3.05, 3.63) is 72.3 Å². The molecule has 1 aliphatic rings. The van der Waals surface area contributed by atoms with Crippen LogP contribution in [0.25, 0.3) is 5.69 Å². The highest BCUT2D eigenvalue weighted by Crippen LogP contribution is 2.24. The number of sulfonamides is 1. The maximum atomic E-state index is 14.3.